The van der Waals surface area contributed by atoms with Crippen molar-refractivity contribution in [1.29, 1.82) is 5.26 Å². The molecule has 0 aliphatic carbocycles. The van der Waals surface area contributed by atoms with Gasteiger partial charge in [0.25, 0.3) is 0 Å². The summed E-state index contributed by atoms with van der Waals surface area (Å²) in [6.07, 6.45) is 1.59. The van der Waals surface area contributed by atoms with Gasteiger partial charge in [0, 0.05) is 37.1 Å². The van der Waals surface area contributed by atoms with E-state index in [1.54, 1.807) is 6.07 Å². The van der Waals surface area contributed by atoms with Crippen molar-refractivity contribution in [2.45, 2.75) is 39.1 Å². The van der Waals surface area contributed by atoms with Gasteiger partial charge >= 0.3 is 5.97 Å². The lowest BCUT2D eigenvalue weighted by atomic mass is 10.1. The van der Waals surface area contributed by atoms with Gasteiger partial charge in [-0.05, 0) is 19.1 Å². The van der Waals surface area contributed by atoms with Gasteiger partial charge in [0.1, 0.15) is 42.6 Å². The minimum atomic E-state index is -0.303. The highest BCUT2D eigenvalue weighted by molar-refractivity contribution is 5.93. The lowest BCUT2D eigenvalue weighted by molar-refractivity contribution is 0.0534. The standard InChI is InChI=1S/C20H20N4O4/c1-12-17(9-21)22-18(10-25)23-19(12)24-6-4-14(5-7-24)28-15-3-2-13-11-27-20(26)16(13)8-15/h2-3,8,14,25H,4-7,10-11H2,1H3. The van der Waals surface area contributed by atoms with Gasteiger partial charge in [0.05, 0.1) is 5.56 Å². The molecule has 0 radical (unpaired) electrons. The van der Waals surface area contributed by atoms with Crippen molar-refractivity contribution in [1.82, 2.24) is 9.97 Å². The van der Waals surface area contributed by atoms with Crippen molar-refractivity contribution in [2.75, 3.05) is 18.0 Å². The molecule has 0 atom stereocenters. The molecule has 1 saturated heterocycles. The van der Waals surface area contributed by atoms with Crippen LogP contribution in [-0.2, 0) is 18.0 Å². The maximum Gasteiger partial charge on any atom is 0.339 e. The van der Waals surface area contributed by atoms with Gasteiger partial charge in [0.15, 0.2) is 5.82 Å². The predicted octanol–water partition coefficient (Wildman–Crippen LogP) is 1.87. The Balaban J connectivity index is 1.44. The Labute approximate surface area is 162 Å². The van der Waals surface area contributed by atoms with Gasteiger partial charge in [-0.15, -0.1) is 0 Å². The van der Waals surface area contributed by atoms with Gasteiger partial charge in [-0.3, -0.25) is 0 Å². The Morgan fingerprint density at radius 1 is 1.36 bits per heavy atom. The number of nitrogens with zero attached hydrogens (tertiary/aromatic N) is 4. The number of anilines is 1. The molecule has 0 amide bonds. The third-order valence-corrected chi connectivity index (χ3v) is 5.12. The molecule has 8 nitrogen and oxygen atoms in total. The molecule has 2 aliphatic heterocycles. The number of cyclic esters (lactones) is 1. The highest BCUT2D eigenvalue weighted by Gasteiger charge is 2.26. The van der Waals surface area contributed by atoms with Crippen molar-refractivity contribution in [3.63, 3.8) is 0 Å². The number of aliphatic hydroxyl groups is 1. The molecule has 0 bridgehead atoms. The maximum atomic E-state index is 11.7. The van der Waals surface area contributed by atoms with Crippen LogP contribution in [0.25, 0.3) is 0 Å². The second-order valence-corrected chi connectivity index (χ2v) is 6.91. The number of hydrogen-bond donors (Lipinski definition) is 1. The molecular weight excluding hydrogens is 360 g/mol. The van der Waals surface area contributed by atoms with E-state index in [0.29, 0.717) is 36.8 Å². The van der Waals surface area contributed by atoms with E-state index in [-0.39, 0.29) is 30.2 Å². The van der Waals surface area contributed by atoms with E-state index in [0.717, 1.165) is 24.0 Å². The quantitative estimate of drug-likeness (QED) is 0.801. The summed E-state index contributed by atoms with van der Waals surface area (Å²) >= 11 is 0. The van der Waals surface area contributed by atoms with E-state index < -0.39 is 0 Å². The number of hydrogen-bond acceptors (Lipinski definition) is 8. The second kappa shape index (κ2) is 7.44. The Bertz CT molecular complexity index is 961. The van der Waals surface area contributed by atoms with Crippen molar-refractivity contribution in [3.05, 3.63) is 46.4 Å². The molecule has 2 aliphatic rings. The minimum Gasteiger partial charge on any atom is -0.490 e. The maximum absolute atomic E-state index is 11.7. The molecule has 0 saturated carbocycles. The van der Waals surface area contributed by atoms with Crippen LogP contribution in [0.5, 0.6) is 5.75 Å². The van der Waals surface area contributed by atoms with Crippen molar-refractivity contribution in [2.24, 2.45) is 0 Å². The Morgan fingerprint density at radius 3 is 2.86 bits per heavy atom. The monoisotopic (exact) mass is 380 g/mol. The molecule has 0 spiro atoms. The summed E-state index contributed by atoms with van der Waals surface area (Å²) in [6.45, 7) is 3.27. The molecule has 1 fully saturated rings. The molecule has 1 aromatic carbocycles. The molecule has 3 heterocycles. The van der Waals surface area contributed by atoms with E-state index in [1.165, 1.54) is 0 Å². The molecule has 1 N–H and O–H groups in total. The van der Waals surface area contributed by atoms with Crippen molar-refractivity contribution >= 4 is 11.8 Å². The van der Waals surface area contributed by atoms with E-state index >= 15 is 0 Å². The van der Waals surface area contributed by atoms with E-state index in [9.17, 15) is 15.2 Å². The van der Waals surface area contributed by atoms with Gasteiger partial charge in [-0.2, -0.15) is 5.26 Å². The van der Waals surface area contributed by atoms with Crippen LogP contribution in [0.4, 0.5) is 5.82 Å². The Kier molecular flexibility index (Phi) is 4.84. The summed E-state index contributed by atoms with van der Waals surface area (Å²) in [5.41, 5.74) is 2.47. The zero-order valence-electron chi connectivity index (χ0n) is 15.5. The van der Waals surface area contributed by atoms with Crippen LogP contribution in [0.2, 0.25) is 0 Å². The first kappa shape index (κ1) is 18.2. The largest absolute Gasteiger partial charge is 0.490 e. The normalized spacial score (nSPS) is 16.5. The topological polar surface area (TPSA) is 109 Å². The molecule has 4 rings (SSSR count). The summed E-state index contributed by atoms with van der Waals surface area (Å²) in [5, 5.41) is 18.6. The molecular formula is C20H20N4O4. The zero-order valence-corrected chi connectivity index (χ0v) is 15.5. The number of carbonyl (C=O) groups is 1. The lowest BCUT2D eigenvalue weighted by Crippen LogP contribution is -2.39. The van der Waals surface area contributed by atoms with Crippen molar-refractivity contribution < 1.29 is 19.4 Å². The predicted molar refractivity (Wildman–Crippen MR) is 98.8 cm³/mol. The number of aliphatic hydroxyl groups excluding tert-OH is 1. The summed E-state index contributed by atoms with van der Waals surface area (Å²) in [4.78, 5) is 22.3. The van der Waals surface area contributed by atoms with Gasteiger partial charge in [-0.1, -0.05) is 6.07 Å². The van der Waals surface area contributed by atoms with E-state index in [1.807, 2.05) is 19.1 Å². The van der Waals surface area contributed by atoms with E-state index in [4.69, 9.17) is 9.47 Å². The smallest absolute Gasteiger partial charge is 0.339 e. The summed E-state index contributed by atoms with van der Waals surface area (Å²) < 4.78 is 11.1. The van der Waals surface area contributed by atoms with Crippen LogP contribution in [-0.4, -0.2) is 40.2 Å². The Hall–Kier alpha value is -3.18. The van der Waals surface area contributed by atoms with Crippen LogP contribution in [0.1, 0.15) is 45.8 Å². The van der Waals surface area contributed by atoms with Gasteiger partial charge in [-0.25, -0.2) is 14.8 Å². The first-order chi connectivity index (χ1) is 13.6. The van der Waals surface area contributed by atoms with Gasteiger partial charge < -0.3 is 19.5 Å². The number of piperidine rings is 1. The number of esters is 1. The van der Waals surface area contributed by atoms with Crippen LogP contribution >= 0.6 is 0 Å². The second-order valence-electron chi connectivity index (χ2n) is 6.91. The highest BCUT2D eigenvalue weighted by Crippen LogP contribution is 2.28. The van der Waals surface area contributed by atoms with Crippen LogP contribution < -0.4 is 9.64 Å². The van der Waals surface area contributed by atoms with Crippen LogP contribution in [0.15, 0.2) is 18.2 Å². The molecule has 1 aromatic heterocycles. The fraction of sp³-hybridized carbons (Fsp3) is 0.400. The number of aromatic nitrogens is 2. The molecule has 28 heavy (non-hydrogen) atoms. The average molecular weight is 380 g/mol. The third-order valence-electron chi connectivity index (χ3n) is 5.12. The molecule has 2 aromatic rings. The fourth-order valence-electron chi connectivity index (χ4n) is 3.58. The number of carbonyl (C=O) groups excluding carboxylic acids is 1. The van der Waals surface area contributed by atoms with Gasteiger partial charge in [0.2, 0.25) is 0 Å². The summed E-state index contributed by atoms with van der Waals surface area (Å²) in [7, 11) is 0. The van der Waals surface area contributed by atoms with Crippen LogP contribution in [0, 0.1) is 18.3 Å². The average Bonchev–Trinajstić information content (AvgIpc) is 3.09. The first-order valence-corrected chi connectivity index (χ1v) is 9.19. The Morgan fingerprint density at radius 2 is 2.14 bits per heavy atom. The first-order valence-electron chi connectivity index (χ1n) is 9.19. The zero-order chi connectivity index (χ0) is 19.7. The lowest BCUT2D eigenvalue weighted by Gasteiger charge is -2.34. The third kappa shape index (κ3) is 3.37. The summed E-state index contributed by atoms with van der Waals surface area (Å²) in [6, 6.07) is 7.55. The number of fused-ring (bicyclic) bond motifs is 1. The molecule has 144 valence electrons. The SMILES string of the molecule is Cc1c(C#N)nc(CO)nc1N1CCC(Oc2ccc3c(c2)C(=O)OC3)CC1. The fourth-order valence-corrected chi connectivity index (χ4v) is 3.58. The number of ether oxygens (including phenoxy) is 2. The number of nitriles is 1. The molecule has 0 unspecified atom stereocenters. The van der Waals surface area contributed by atoms with E-state index in [2.05, 4.69) is 20.9 Å². The highest BCUT2D eigenvalue weighted by atomic mass is 16.5. The number of rotatable bonds is 4. The summed E-state index contributed by atoms with van der Waals surface area (Å²) in [5.74, 6) is 1.31. The minimum absolute atomic E-state index is 0.0293. The van der Waals surface area contributed by atoms with Crippen LogP contribution in [0.3, 0.4) is 0 Å². The molecule has 8 heteroatoms. The van der Waals surface area contributed by atoms with Crippen molar-refractivity contribution in [3.8, 4) is 11.8 Å². The number of benzene rings is 1.